The number of hydrogen-bond donors (Lipinski definition) is 3. The third kappa shape index (κ3) is 4.64. The van der Waals surface area contributed by atoms with E-state index >= 15 is 0 Å². The maximum Gasteiger partial charge on any atom is 0.407 e. The molecule has 8 heteroatoms. The number of amides is 2. The maximum absolute atomic E-state index is 12.3. The number of fused-ring (bicyclic) bond motifs is 3. The molecule has 0 bridgehead atoms. The molecule has 3 aromatic rings. The van der Waals surface area contributed by atoms with Crippen LogP contribution in [0.25, 0.3) is 11.1 Å². The van der Waals surface area contributed by atoms with Gasteiger partial charge in [0.05, 0.1) is 19.2 Å². The van der Waals surface area contributed by atoms with E-state index in [1.807, 2.05) is 48.5 Å². The normalized spacial score (nSPS) is 13.0. The Balaban J connectivity index is 1.34. The summed E-state index contributed by atoms with van der Waals surface area (Å²) in [7, 11) is 0. The van der Waals surface area contributed by atoms with Crippen LogP contribution in [-0.4, -0.2) is 35.7 Å². The molecule has 0 saturated heterocycles. The van der Waals surface area contributed by atoms with Gasteiger partial charge in [0.1, 0.15) is 18.4 Å². The predicted molar refractivity (Wildman–Crippen MR) is 115 cm³/mol. The van der Waals surface area contributed by atoms with E-state index in [-0.39, 0.29) is 19.1 Å². The van der Waals surface area contributed by atoms with E-state index in [0.717, 1.165) is 22.3 Å². The van der Waals surface area contributed by atoms with Gasteiger partial charge in [-0.25, -0.2) is 9.59 Å². The van der Waals surface area contributed by atoms with E-state index in [1.165, 1.54) is 6.26 Å². The first-order chi connectivity index (χ1) is 15.5. The molecule has 2 amide bonds. The van der Waals surface area contributed by atoms with Crippen molar-refractivity contribution in [2.24, 2.45) is 0 Å². The molecular weight excluding hydrogens is 412 g/mol. The number of carbonyl (C=O) groups is 3. The zero-order valence-corrected chi connectivity index (χ0v) is 17.1. The fourth-order valence-electron chi connectivity index (χ4n) is 3.84. The van der Waals surface area contributed by atoms with Crippen LogP contribution >= 0.6 is 0 Å². The number of benzene rings is 2. The van der Waals surface area contributed by atoms with Crippen molar-refractivity contribution in [3.63, 3.8) is 0 Å². The summed E-state index contributed by atoms with van der Waals surface area (Å²) in [5.74, 6) is -1.47. The van der Waals surface area contributed by atoms with E-state index in [9.17, 15) is 19.5 Å². The molecule has 4 rings (SSSR count). The number of carboxylic acids is 1. The van der Waals surface area contributed by atoms with Crippen molar-refractivity contribution in [1.82, 2.24) is 10.6 Å². The number of carboxylic acid groups (broad SMARTS) is 1. The lowest BCUT2D eigenvalue weighted by Gasteiger charge is -2.17. The summed E-state index contributed by atoms with van der Waals surface area (Å²) in [4.78, 5) is 35.9. The zero-order valence-electron chi connectivity index (χ0n) is 17.1. The largest absolute Gasteiger partial charge is 0.480 e. The molecule has 0 fully saturated rings. The first-order valence-electron chi connectivity index (χ1n) is 10.2. The Hall–Kier alpha value is -4.07. The van der Waals surface area contributed by atoms with Gasteiger partial charge in [0.25, 0.3) is 0 Å². The number of rotatable bonds is 8. The highest BCUT2D eigenvalue weighted by molar-refractivity contribution is 5.87. The van der Waals surface area contributed by atoms with Crippen LogP contribution in [-0.2, 0) is 20.9 Å². The summed E-state index contributed by atoms with van der Waals surface area (Å²) < 4.78 is 10.5. The highest BCUT2D eigenvalue weighted by atomic mass is 16.5. The van der Waals surface area contributed by atoms with Crippen LogP contribution in [0.5, 0.6) is 0 Å². The number of ether oxygens (including phenoxy) is 1. The standard InChI is InChI=1S/C24H22N2O6/c27-22(25-13-15-6-5-11-31-15)12-21(23(28)29)26-24(30)32-14-20-18-9-3-1-7-16(18)17-8-2-4-10-19(17)20/h1-11,20-21H,12-14H2,(H,25,27)(H,26,30)(H,28,29). The fourth-order valence-corrected chi connectivity index (χ4v) is 3.84. The molecule has 32 heavy (non-hydrogen) atoms. The van der Waals surface area contributed by atoms with Gasteiger partial charge in [0.15, 0.2) is 0 Å². The Morgan fingerprint density at radius 3 is 2.22 bits per heavy atom. The fraction of sp³-hybridized carbons (Fsp3) is 0.208. The average Bonchev–Trinajstić information content (AvgIpc) is 3.42. The minimum absolute atomic E-state index is 0.0525. The molecule has 1 atom stereocenters. The third-order valence-corrected chi connectivity index (χ3v) is 5.36. The molecule has 1 aliphatic rings. The van der Waals surface area contributed by atoms with Crippen LogP contribution in [0.2, 0.25) is 0 Å². The molecule has 0 spiro atoms. The van der Waals surface area contributed by atoms with Crippen molar-refractivity contribution >= 4 is 18.0 Å². The Morgan fingerprint density at radius 2 is 1.62 bits per heavy atom. The highest BCUT2D eigenvalue weighted by Gasteiger charge is 2.30. The van der Waals surface area contributed by atoms with Gasteiger partial charge in [0, 0.05) is 5.92 Å². The molecular formula is C24H22N2O6. The first kappa shape index (κ1) is 21.2. The Morgan fingerprint density at radius 1 is 0.969 bits per heavy atom. The smallest absolute Gasteiger partial charge is 0.407 e. The van der Waals surface area contributed by atoms with Crippen molar-refractivity contribution < 1.29 is 28.6 Å². The number of aliphatic carboxylic acids is 1. The second-order valence-corrected chi connectivity index (χ2v) is 7.42. The lowest BCUT2D eigenvalue weighted by Crippen LogP contribution is -2.44. The second-order valence-electron chi connectivity index (χ2n) is 7.42. The van der Waals surface area contributed by atoms with Gasteiger partial charge in [0.2, 0.25) is 5.91 Å². The molecule has 8 nitrogen and oxygen atoms in total. The average molecular weight is 434 g/mol. The van der Waals surface area contributed by atoms with Crippen molar-refractivity contribution in [2.75, 3.05) is 6.61 Å². The summed E-state index contributed by atoms with van der Waals surface area (Å²) in [5.41, 5.74) is 4.28. The van der Waals surface area contributed by atoms with E-state index < -0.39 is 30.4 Å². The summed E-state index contributed by atoms with van der Waals surface area (Å²) in [5, 5.41) is 14.2. The van der Waals surface area contributed by atoms with E-state index in [1.54, 1.807) is 12.1 Å². The molecule has 0 aliphatic heterocycles. The second kappa shape index (κ2) is 9.38. The van der Waals surface area contributed by atoms with Crippen LogP contribution < -0.4 is 10.6 Å². The van der Waals surface area contributed by atoms with E-state index in [4.69, 9.17) is 9.15 Å². The number of furan rings is 1. The Bertz CT molecular complexity index is 1080. The van der Waals surface area contributed by atoms with Gasteiger partial charge in [-0.3, -0.25) is 4.79 Å². The lowest BCUT2D eigenvalue weighted by molar-refractivity contribution is -0.141. The summed E-state index contributed by atoms with van der Waals surface area (Å²) in [6, 6.07) is 17.8. The van der Waals surface area contributed by atoms with Crippen LogP contribution in [0.4, 0.5) is 4.79 Å². The maximum atomic E-state index is 12.3. The zero-order chi connectivity index (χ0) is 22.5. The molecule has 1 unspecified atom stereocenters. The topological polar surface area (TPSA) is 118 Å². The van der Waals surface area contributed by atoms with Crippen LogP contribution in [0.1, 0.15) is 29.2 Å². The number of hydrogen-bond acceptors (Lipinski definition) is 5. The molecule has 1 heterocycles. The van der Waals surface area contributed by atoms with Crippen LogP contribution in [0.3, 0.4) is 0 Å². The van der Waals surface area contributed by atoms with Gasteiger partial charge in [-0.15, -0.1) is 0 Å². The molecule has 1 aliphatic carbocycles. The Kier molecular flexibility index (Phi) is 6.21. The van der Waals surface area contributed by atoms with Crippen molar-refractivity contribution in [2.45, 2.75) is 24.9 Å². The van der Waals surface area contributed by atoms with Crippen molar-refractivity contribution in [3.8, 4) is 11.1 Å². The lowest BCUT2D eigenvalue weighted by atomic mass is 9.98. The van der Waals surface area contributed by atoms with Gasteiger partial charge >= 0.3 is 12.1 Å². The van der Waals surface area contributed by atoms with Crippen LogP contribution in [0, 0.1) is 0 Å². The quantitative estimate of drug-likeness (QED) is 0.501. The van der Waals surface area contributed by atoms with Gasteiger partial charge in [-0.2, -0.15) is 0 Å². The summed E-state index contributed by atoms with van der Waals surface area (Å²) in [6.07, 6.45) is 0.151. The van der Waals surface area contributed by atoms with Crippen molar-refractivity contribution in [1.29, 1.82) is 0 Å². The minimum Gasteiger partial charge on any atom is -0.480 e. The van der Waals surface area contributed by atoms with Gasteiger partial charge in [-0.05, 0) is 34.4 Å². The highest BCUT2D eigenvalue weighted by Crippen LogP contribution is 2.44. The molecule has 0 saturated carbocycles. The Labute approximate surface area is 184 Å². The number of alkyl carbamates (subject to hydrolysis) is 1. The first-order valence-corrected chi connectivity index (χ1v) is 10.2. The summed E-state index contributed by atoms with van der Waals surface area (Å²) in [6.45, 7) is 0.181. The van der Waals surface area contributed by atoms with Gasteiger partial charge < -0.3 is 24.9 Å². The minimum atomic E-state index is -1.41. The monoisotopic (exact) mass is 434 g/mol. The van der Waals surface area contributed by atoms with Crippen LogP contribution in [0.15, 0.2) is 71.3 Å². The molecule has 0 radical (unpaired) electrons. The van der Waals surface area contributed by atoms with E-state index in [0.29, 0.717) is 5.76 Å². The number of nitrogens with one attached hydrogen (secondary N) is 2. The molecule has 164 valence electrons. The molecule has 2 aromatic carbocycles. The molecule has 3 N–H and O–H groups in total. The predicted octanol–water partition coefficient (Wildman–Crippen LogP) is 3.28. The third-order valence-electron chi connectivity index (χ3n) is 5.36. The molecule has 1 aromatic heterocycles. The van der Waals surface area contributed by atoms with Crippen molar-refractivity contribution in [3.05, 3.63) is 83.8 Å². The summed E-state index contributed by atoms with van der Waals surface area (Å²) >= 11 is 0. The van der Waals surface area contributed by atoms with Gasteiger partial charge in [-0.1, -0.05) is 48.5 Å². The number of carbonyl (C=O) groups excluding carboxylic acids is 2. The van der Waals surface area contributed by atoms with E-state index in [2.05, 4.69) is 10.6 Å². The SMILES string of the molecule is O=C(CC(NC(=O)OCC1c2ccccc2-c2ccccc21)C(=O)O)NCc1ccco1.